The Morgan fingerprint density at radius 3 is 2.52 bits per heavy atom. The standard InChI is InChI=1S/C38H36F3N7O4/c1-45(2)15-4-16-52-33-19-24(39)7-13-30(33)23-5-3-6-29(17-23)47-35-31(18-26(41)20-42-35)37(50)48(38(47)51)28-11-9-27(10-12-28)43-36(49)32-22-46-21-25(40)8-14-34(46)44-32/h3,5-8,13-14,17-22,27-28H,4,9-12,15-16H2,1-2H3,(H,43,49). The summed E-state index contributed by atoms with van der Waals surface area (Å²) in [5.41, 5.74) is 0.880. The van der Waals surface area contributed by atoms with Crippen molar-refractivity contribution in [1.29, 1.82) is 0 Å². The van der Waals surface area contributed by atoms with E-state index in [0.29, 0.717) is 60.5 Å². The summed E-state index contributed by atoms with van der Waals surface area (Å²) < 4.78 is 52.4. The zero-order chi connectivity index (χ0) is 36.5. The Morgan fingerprint density at radius 2 is 1.73 bits per heavy atom. The van der Waals surface area contributed by atoms with E-state index in [4.69, 9.17) is 4.74 Å². The molecule has 0 spiro atoms. The minimum atomic E-state index is -0.724. The van der Waals surface area contributed by atoms with Gasteiger partial charge in [-0.15, -0.1) is 0 Å². The molecule has 0 atom stereocenters. The van der Waals surface area contributed by atoms with E-state index in [1.54, 1.807) is 30.3 Å². The maximum absolute atomic E-state index is 14.5. The lowest BCUT2D eigenvalue weighted by Crippen LogP contribution is -2.45. The van der Waals surface area contributed by atoms with Crippen LogP contribution in [0.1, 0.15) is 48.6 Å². The Hall–Kier alpha value is -5.76. The molecule has 14 heteroatoms. The van der Waals surface area contributed by atoms with Crippen LogP contribution in [-0.2, 0) is 0 Å². The van der Waals surface area contributed by atoms with Gasteiger partial charge in [-0.3, -0.25) is 14.2 Å². The number of nitrogens with zero attached hydrogens (tertiary/aromatic N) is 6. The van der Waals surface area contributed by atoms with Crippen LogP contribution in [0, 0.1) is 17.5 Å². The number of benzene rings is 2. The smallest absolute Gasteiger partial charge is 0.337 e. The molecule has 0 unspecified atom stereocenters. The van der Waals surface area contributed by atoms with Gasteiger partial charge in [0.1, 0.15) is 34.5 Å². The Bertz CT molecular complexity index is 2410. The van der Waals surface area contributed by atoms with Crippen molar-refractivity contribution in [2.45, 2.75) is 44.2 Å². The summed E-state index contributed by atoms with van der Waals surface area (Å²) in [5.74, 6) is -1.70. The van der Waals surface area contributed by atoms with Crippen LogP contribution in [0.3, 0.4) is 0 Å². The average molecular weight is 712 g/mol. The zero-order valence-electron chi connectivity index (χ0n) is 28.6. The van der Waals surface area contributed by atoms with E-state index < -0.39 is 40.6 Å². The molecule has 1 saturated carbocycles. The van der Waals surface area contributed by atoms with Crippen molar-refractivity contribution in [3.05, 3.63) is 123 Å². The van der Waals surface area contributed by atoms with Gasteiger partial charge < -0.3 is 19.4 Å². The predicted octanol–water partition coefficient (Wildman–Crippen LogP) is 5.52. The summed E-state index contributed by atoms with van der Waals surface area (Å²) in [6, 6.07) is 14.2. The minimum absolute atomic E-state index is 0.00245. The van der Waals surface area contributed by atoms with E-state index in [9.17, 15) is 27.6 Å². The third-order valence-corrected chi connectivity index (χ3v) is 9.30. The van der Waals surface area contributed by atoms with Gasteiger partial charge in [-0.25, -0.2) is 32.5 Å². The van der Waals surface area contributed by atoms with Gasteiger partial charge in [-0.1, -0.05) is 12.1 Å². The molecule has 6 aromatic rings. The normalized spacial score (nSPS) is 16.1. The van der Waals surface area contributed by atoms with E-state index >= 15 is 0 Å². The first-order valence-electron chi connectivity index (χ1n) is 17.0. The quantitative estimate of drug-likeness (QED) is 0.186. The number of fused-ring (bicyclic) bond motifs is 2. The Balaban J connectivity index is 1.18. The molecule has 0 saturated heterocycles. The summed E-state index contributed by atoms with van der Waals surface area (Å²) in [6.45, 7) is 1.16. The van der Waals surface area contributed by atoms with Gasteiger partial charge in [-0.05, 0) is 94.2 Å². The van der Waals surface area contributed by atoms with Crippen LogP contribution in [0.2, 0.25) is 0 Å². The SMILES string of the molecule is CN(C)CCCOc1cc(F)ccc1-c1cccc(-n2c(=O)n(C3CCC(NC(=O)c4cn5cc(F)ccc5n4)CC3)c(=O)c3cc(F)cnc32)c1. The highest BCUT2D eigenvalue weighted by Gasteiger charge is 2.29. The molecule has 1 aliphatic rings. The number of imidazole rings is 1. The molecule has 4 heterocycles. The largest absolute Gasteiger partial charge is 0.493 e. The van der Waals surface area contributed by atoms with Crippen LogP contribution in [0.25, 0.3) is 33.5 Å². The molecule has 52 heavy (non-hydrogen) atoms. The number of hydrogen-bond acceptors (Lipinski definition) is 7. The Kier molecular flexibility index (Phi) is 9.65. The number of carbonyl (C=O) groups is 1. The van der Waals surface area contributed by atoms with E-state index in [2.05, 4.69) is 15.3 Å². The van der Waals surface area contributed by atoms with Crippen molar-refractivity contribution < 1.29 is 22.7 Å². The van der Waals surface area contributed by atoms with Crippen LogP contribution in [0.4, 0.5) is 13.2 Å². The first kappa shape index (κ1) is 34.7. The van der Waals surface area contributed by atoms with Crippen molar-refractivity contribution in [1.82, 2.24) is 33.7 Å². The molecule has 0 radical (unpaired) electrons. The molecule has 268 valence electrons. The lowest BCUT2D eigenvalue weighted by molar-refractivity contribution is 0.0917. The van der Waals surface area contributed by atoms with Crippen molar-refractivity contribution in [2.75, 3.05) is 27.2 Å². The number of ether oxygens (including phenoxy) is 1. The fraction of sp³-hybridized carbons (Fsp3) is 0.289. The molecule has 7 rings (SSSR count). The lowest BCUT2D eigenvalue weighted by Gasteiger charge is -2.30. The van der Waals surface area contributed by atoms with Gasteiger partial charge in [-0.2, -0.15) is 0 Å². The lowest BCUT2D eigenvalue weighted by atomic mass is 9.90. The fourth-order valence-electron chi connectivity index (χ4n) is 6.78. The molecule has 0 bridgehead atoms. The number of rotatable bonds is 10. The molecular weight excluding hydrogens is 675 g/mol. The maximum Gasteiger partial charge on any atom is 0.337 e. The molecular formula is C38H36F3N7O4. The first-order chi connectivity index (χ1) is 25.0. The summed E-state index contributed by atoms with van der Waals surface area (Å²) in [5, 5.41) is 2.90. The molecule has 1 amide bonds. The van der Waals surface area contributed by atoms with Crippen molar-refractivity contribution in [3.63, 3.8) is 0 Å². The minimum Gasteiger partial charge on any atom is -0.493 e. The Morgan fingerprint density at radius 1 is 0.942 bits per heavy atom. The van der Waals surface area contributed by atoms with Crippen LogP contribution < -0.4 is 21.3 Å². The van der Waals surface area contributed by atoms with Crippen molar-refractivity contribution >= 4 is 22.6 Å². The first-order valence-corrected chi connectivity index (χ1v) is 17.0. The second-order valence-electron chi connectivity index (χ2n) is 13.2. The third kappa shape index (κ3) is 7.06. The van der Waals surface area contributed by atoms with Crippen LogP contribution >= 0.6 is 0 Å². The number of aromatic nitrogens is 5. The van der Waals surface area contributed by atoms with E-state index in [-0.39, 0.29) is 22.8 Å². The topological polar surface area (TPSA) is 116 Å². The van der Waals surface area contributed by atoms with Crippen molar-refractivity contribution in [3.8, 4) is 22.6 Å². The fourth-order valence-corrected chi connectivity index (χ4v) is 6.78. The van der Waals surface area contributed by atoms with Gasteiger partial charge in [0.2, 0.25) is 0 Å². The summed E-state index contributed by atoms with van der Waals surface area (Å²) in [4.78, 5) is 51.7. The molecule has 11 nitrogen and oxygen atoms in total. The van der Waals surface area contributed by atoms with Gasteiger partial charge in [0.15, 0.2) is 5.65 Å². The highest BCUT2D eigenvalue weighted by molar-refractivity contribution is 5.93. The van der Waals surface area contributed by atoms with Crippen LogP contribution in [-0.4, -0.2) is 67.6 Å². The van der Waals surface area contributed by atoms with E-state index in [1.165, 1.54) is 45.6 Å². The molecule has 1 fully saturated rings. The van der Waals surface area contributed by atoms with Gasteiger partial charge in [0.25, 0.3) is 11.5 Å². The second-order valence-corrected chi connectivity index (χ2v) is 13.2. The molecule has 4 aromatic heterocycles. The summed E-state index contributed by atoms with van der Waals surface area (Å²) in [6.07, 6.45) is 6.06. The third-order valence-electron chi connectivity index (χ3n) is 9.30. The summed E-state index contributed by atoms with van der Waals surface area (Å²) in [7, 11) is 3.91. The average Bonchev–Trinajstić information content (AvgIpc) is 3.55. The van der Waals surface area contributed by atoms with E-state index in [1.807, 2.05) is 19.0 Å². The highest BCUT2D eigenvalue weighted by atomic mass is 19.1. The molecule has 0 aliphatic heterocycles. The Labute approximate surface area is 295 Å². The highest BCUT2D eigenvalue weighted by Crippen LogP contribution is 2.33. The van der Waals surface area contributed by atoms with Gasteiger partial charge in [0, 0.05) is 42.7 Å². The van der Waals surface area contributed by atoms with Gasteiger partial charge in [0.05, 0.1) is 23.9 Å². The van der Waals surface area contributed by atoms with E-state index in [0.717, 1.165) is 29.8 Å². The van der Waals surface area contributed by atoms with Crippen LogP contribution in [0.15, 0.2) is 88.8 Å². The van der Waals surface area contributed by atoms with Crippen molar-refractivity contribution in [2.24, 2.45) is 0 Å². The zero-order valence-corrected chi connectivity index (χ0v) is 28.6. The van der Waals surface area contributed by atoms with Gasteiger partial charge >= 0.3 is 5.69 Å². The molecule has 1 N–H and O–H groups in total. The number of hydrogen-bond donors (Lipinski definition) is 1. The predicted molar refractivity (Wildman–Crippen MR) is 190 cm³/mol. The second kappa shape index (κ2) is 14.5. The number of halogens is 3. The van der Waals surface area contributed by atoms with Crippen LogP contribution in [0.5, 0.6) is 5.75 Å². The monoisotopic (exact) mass is 711 g/mol. The number of carbonyl (C=O) groups excluding carboxylic acids is 1. The summed E-state index contributed by atoms with van der Waals surface area (Å²) >= 11 is 0. The molecule has 1 aliphatic carbocycles. The molecule has 2 aromatic carbocycles. The number of amides is 1. The number of pyridine rings is 2. The number of nitrogens with one attached hydrogen (secondary N) is 1. The maximum atomic E-state index is 14.5.